The van der Waals surface area contributed by atoms with Crippen molar-refractivity contribution in [1.82, 2.24) is 10.2 Å². The highest BCUT2D eigenvalue weighted by Crippen LogP contribution is 2.46. The van der Waals surface area contributed by atoms with E-state index in [1.54, 1.807) is 0 Å². The lowest BCUT2D eigenvalue weighted by Gasteiger charge is -2.26. The topological polar surface area (TPSA) is 50.4 Å². The van der Waals surface area contributed by atoms with Crippen molar-refractivity contribution in [3.63, 3.8) is 0 Å². The molecule has 0 aliphatic rings. The molecule has 1 unspecified atom stereocenters. The number of rotatable bonds is 10. The Morgan fingerprint density at radius 3 is 1.84 bits per heavy atom. The van der Waals surface area contributed by atoms with Gasteiger partial charge in [-0.05, 0) is 12.8 Å². The summed E-state index contributed by atoms with van der Waals surface area (Å²) in [5.74, 6) is 0. The summed E-state index contributed by atoms with van der Waals surface area (Å²) in [7, 11) is -3.32. The molecule has 2 N–H and O–H groups in total. The van der Waals surface area contributed by atoms with Gasteiger partial charge in [0.05, 0.1) is 0 Å². The molecule has 0 aromatic heterocycles. The summed E-state index contributed by atoms with van der Waals surface area (Å²) in [6, 6.07) is 0. The molecule has 9 heteroatoms. The molecule has 4 nitrogen and oxygen atoms in total. The van der Waals surface area contributed by atoms with Crippen molar-refractivity contribution in [2.45, 2.75) is 48.9 Å². The number of hydrogen-bond donors (Lipinski definition) is 2. The molecule has 0 aliphatic carbocycles. The van der Waals surface area contributed by atoms with E-state index in [2.05, 4.69) is 10.2 Å². The van der Waals surface area contributed by atoms with Crippen LogP contribution in [0.15, 0.2) is 0 Å². The molecule has 0 aromatic rings. The van der Waals surface area contributed by atoms with Gasteiger partial charge >= 0.3 is 7.67 Å². The van der Waals surface area contributed by atoms with E-state index in [0.29, 0.717) is 13.1 Å². The molecule has 116 valence electrons. The molecule has 0 bridgehead atoms. The Kier molecular flexibility index (Phi) is 10.7. The van der Waals surface area contributed by atoms with E-state index in [-0.39, 0.29) is 0 Å². The number of hydrogen-bond acceptors (Lipinski definition) is 2. The smallest absolute Gasteiger partial charge is 0.282 e. The fraction of sp³-hybridized carbons (Fsp3) is 1.00. The Hall–Kier alpha value is 1.27. The lowest BCUT2D eigenvalue weighted by Crippen LogP contribution is -2.31. The van der Waals surface area contributed by atoms with Crippen LogP contribution in [0, 0.1) is 0 Å². The van der Waals surface area contributed by atoms with E-state index in [1.165, 1.54) is 0 Å². The van der Waals surface area contributed by atoms with Crippen molar-refractivity contribution in [2.75, 3.05) is 13.1 Å². The third kappa shape index (κ3) is 9.76. The summed E-state index contributed by atoms with van der Waals surface area (Å²) < 4.78 is 15.9. The van der Waals surface area contributed by atoms with Crippen molar-refractivity contribution >= 4 is 54.1 Å². The summed E-state index contributed by atoms with van der Waals surface area (Å²) in [6.07, 6.45) is 3.67. The first-order chi connectivity index (χ1) is 8.75. The van der Waals surface area contributed by atoms with Gasteiger partial charge in [0.2, 0.25) is 3.79 Å². The van der Waals surface area contributed by atoms with Crippen LogP contribution in [0.1, 0.15) is 39.5 Å². The van der Waals surface area contributed by atoms with Crippen molar-refractivity contribution in [1.29, 1.82) is 0 Å². The van der Waals surface area contributed by atoms with E-state index < -0.39 is 17.0 Å². The molecule has 0 saturated heterocycles. The third-order valence-electron chi connectivity index (χ3n) is 2.20. The minimum atomic E-state index is -3.32. The summed E-state index contributed by atoms with van der Waals surface area (Å²) in [6.45, 7) is 5.14. The standard InChI is InChI=1S/C10H21Cl4N2O2P/c1-3-5-7-15-19(17,16-8-6-4-2)18-9(11)10(12,13)14/h9H,3-8H2,1-2H3,(H2,15,16,17). The maximum atomic E-state index is 12.5. The molecule has 0 radical (unpaired) electrons. The first kappa shape index (κ1) is 20.3. The van der Waals surface area contributed by atoms with Crippen LogP contribution in [-0.4, -0.2) is 22.4 Å². The van der Waals surface area contributed by atoms with Gasteiger partial charge in [0.1, 0.15) is 0 Å². The number of halogens is 4. The quantitative estimate of drug-likeness (QED) is 0.327. The van der Waals surface area contributed by atoms with Gasteiger partial charge in [0.15, 0.2) is 5.56 Å². The molecular weight excluding hydrogens is 353 g/mol. The van der Waals surface area contributed by atoms with Gasteiger partial charge in [-0.15, -0.1) is 0 Å². The second-order valence-corrected chi connectivity index (χ2v) is 8.75. The second-order valence-electron chi connectivity index (χ2n) is 4.04. The average Bonchev–Trinajstić information content (AvgIpc) is 2.28. The van der Waals surface area contributed by atoms with Crippen LogP contribution in [-0.2, 0) is 9.09 Å². The third-order valence-corrected chi connectivity index (χ3v) is 5.46. The summed E-state index contributed by atoms with van der Waals surface area (Å²) >= 11 is 22.6. The molecule has 0 aromatic carbocycles. The number of nitrogens with one attached hydrogen (secondary N) is 2. The average molecular weight is 374 g/mol. The first-order valence-corrected chi connectivity index (χ1v) is 9.44. The van der Waals surface area contributed by atoms with E-state index in [4.69, 9.17) is 50.9 Å². The van der Waals surface area contributed by atoms with Crippen LogP contribution in [0.25, 0.3) is 0 Å². The van der Waals surface area contributed by atoms with Crippen molar-refractivity contribution in [3.8, 4) is 0 Å². The molecule has 0 rings (SSSR count). The zero-order valence-corrected chi connectivity index (χ0v) is 15.0. The fourth-order valence-corrected chi connectivity index (χ4v) is 3.37. The molecule has 0 saturated carbocycles. The highest BCUT2D eigenvalue weighted by molar-refractivity contribution is 7.54. The van der Waals surface area contributed by atoms with Crippen LogP contribution in [0.4, 0.5) is 0 Å². The van der Waals surface area contributed by atoms with Crippen molar-refractivity contribution < 1.29 is 9.09 Å². The van der Waals surface area contributed by atoms with Crippen molar-refractivity contribution in [3.05, 3.63) is 0 Å². The van der Waals surface area contributed by atoms with Gasteiger partial charge in [0, 0.05) is 13.1 Å². The van der Waals surface area contributed by atoms with Crippen LogP contribution in [0.5, 0.6) is 0 Å². The lowest BCUT2D eigenvalue weighted by atomic mass is 10.3. The Labute approximate surface area is 135 Å². The maximum Gasteiger partial charge on any atom is 0.342 e. The van der Waals surface area contributed by atoms with Gasteiger partial charge in [0.25, 0.3) is 0 Å². The highest BCUT2D eigenvalue weighted by atomic mass is 35.6. The number of unbranched alkanes of at least 4 members (excludes halogenated alkanes) is 2. The molecule has 0 heterocycles. The van der Waals surface area contributed by atoms with Crippen LogP contribution in [0.2, 0.25) is 0 Å². The summed E-state index contributed by atoms with van der Waals surface area (Å²) in [5, 5.41) is 5.64. The lowest BCUT2D eigenvalue weighted by molar-refractivity contribution is 0.269. The van der Waals surface area contributed by atoms with E-state index in [1.807, 2.05) is 13.8 Å². The molecule has 1 atom stereocenters. The summed E-state index contributed by atoms with van der Waals surface area (Å²) in [5.41, 5.74) is -1.30. The maximum absolute atomic E-state index is 12.5. The van der Waals surface area contributed by atoms with Gasteiger partial charge in [-0.3, -0.25) is 9.09 Å². The predicted octanol–water partition coefficient (Wildman–Crippen LogP) is 4.83. The molecule has 0 amide bonds. The number of alkyl halides is 4. The fourth-order valence-electron chi connectivity index (χ4n) is 1.13. The second kappa shape index (κ2) is 10.1. The monoisotopic (exact) mass is 372 g/mol. The molecule has 0 fully saturated rings. The van der Waals surface area contributed by atoms with Gasteiger partial charge in [-0.2, -0.15) is 0 Å². The normalized spacial score (nSPS) is 14.6. The van der Waals surface area contributed by atoms with Crippen LogP contribution >= 0.6 is 54.1 Å². The zero-order chi connectivity index (χ0) is 14.9. The summed E-state index contributed by atoms with van der Waals surface area (Å²) in [4.78, 5) is 0. The zero-order valence-electron chi connectivity index (χ0n) is 11.1. The van der Waals surface area contributed by atoms with E-state index >= 15 is 0 Å². The highest BCUT2D eigenvalue weighted by Gasteiger charge is 2.37. The molecule has 0 aliphatic heterocycles. The van der Waals surface area contributed by atoms with Crippen LogP contribution in [0.3, 0.4) is 0 Å². The van der Waals surface area contributed by atoms with E-state index in [9.17, 15) is 4.57 Å². The first-order valence-electron chi connectivity index (χ1n) is 6.24. The Morgan fingerprint density at radius 1 is 1.11 bits per heavy atom. The minimum Gasteiger partial charge on any atom is -0.282 e. The van der Waals surface area contributed by atoms with Crippen molar-refractivity contribution in [2.24, 2.45) is 0 Å². The minimum absolute atomic E-state index is 0.538. The van der Waals surface area contributed by atoms with E-state index in [0.717, 1.165) is 25.7 Å². The molecule has 19 heavy (non-hydrogen) atoms. The Morgan fingerprint density at radius 2 is 1.53 bits per heavy atom. The SMILES string of the molecule is CCCCNP(=O)(NCCCC)OC(Cl)C(Cl)(Cl)Cl. The molecular formula is C10H21Cl4N2O2P. The molecule has 0 spiro atoms. The van der Waals surface area contributed by atoms with Gasteiger partial charge in [-0.25, -0.2) is 10.2 Å². The van der Waals surface area contributed by atoms with Gasteiger partial charge in [-0.1, -0.05) is 73.1 Å². The Bertz CT molecular complexity index is 275. The largest absolute Gasteiger partial charge is 0.342 e. The van der Waals surface area contributed by atoms with Crippen LogP contribution < -0.4 is 10.2 Å². The Balaban J connectivity index is 4.51. The predicted molar refractivity (Wildman–Crippen MR) is 84.4 cm³/mol. The van der Waals surface area contributed by atoms with Gasteiger partial charge < -0.3 is 0 Å².